The summed E-state index contributed by atoms with van der Waals surface area (Å²) in [5, 5.41) is 20.3. The van der Waals surface area contributed by atoms with E-state index in [1.165, 1.54) is 45.2 Å². The predicted octanol–water partition coefficient (Wildman–Crippen LogP) is 9.00. The Morgan fingerprint density at radius 2 is 1.39 bits per heavy atom. The first-order valence-corrected chi connectivity index (χ1v) is 19.7. The number of alkyl halides is 3. The van der Waals surface area contributed by atoms with Gasteiger partial charge in [0.1, 0.15) is 5.75 Å². The number of carboxylic acids is 1. The zero-order valence-corrected chi connectivity index (χ0v) is 32.2. The number of rotatable bonds is 13. The van der Waals surface area contributed by atoms with Crippen molar-refractivity contribution in [1.82, 2.24) is 15.1 Å². The fourth-order valence-corrected chi connectivity index (χ4v) is 7.41. The molecule has 0 saturated carbocycles. The van der Waals surface area contributed by atoms with Crippen LogP contribution >= 0.6 is 0 Å². The second-order valence-corrected chi connectivity index (χ2v) is 14.9. The molecule has 0 radical (unpaired) electrons. The molecule has 0 bridgehead atoms. The Labute approximate surface area is 333 Å². The van der Waals surface area contributed by atoms with Crippen molar-refractivity contribution in [2.24, 2.45) is 11.8 Å². The van der Waals surface area contributed by atoms with Crippen molar-refractivity contribution in [3.63, 3.8) is 0 Å². The van der Waals surface area contributed by atoms with Crippen molar-refractivity contribution in [3.8, 4) is 16.9 Å². The van der Waals surface area contributed by atoms with Gasteiger partial charge < -0.3 is 25.3 Å². The summed E-state index contributed by atoms with van der Waals surface area (Å²) >= 11 is 0. The molecule has 8 nitrogen and oxygen atoms in total. The molecule has 3 N–H and O–H groups in total. The van der Waals surface area contributed by atoms with Crippen LogP contribution in [0.15, 0.2) is 109 Å². The van der Waals surface area contributed by atoms with Gasteiger partial charge in [-0.05, 0) is 121 Å². The number of hydrogen-bond donors (Lipinski definition) is 3. The minimum Gasteiger partial charge on any atom is -0.508 e. The minimum absolute atomic E-state index is 0.0591. The number of nitrogens with zero attached hydrogens (tertiary/aromatic N) is 2. The van der Waals surface area contributed by atoms with Gasteiger partial charge in [0.25, 0.3) is 5.91 Å². The summed E-state index contributed by atoms with van der Waals surface area (Å²) in [5.74, 6) is -0.841. The molecule has 2 saturated heterocycles. The fraction of sp³-hybridized carbons (Fsp3) is 0.370. The summed E-state index contributed by atoms with van der Waals surface area (Å²) in [7, 11) is 0. The van der Waals surface area contributed by atoms with E-state index in [4.69, 9.17) is 9.90 Å². The van der Waals surface area contributed by atoms with Crippen LogP contribution in [0, 0.1) is 11.8 Å². The molecule has 2 aliphatic heterocycles. The largest absolute Gasteiger partial charge is 0.508 e. The van der Waals surface area contributed by atoms with Gasteiger partial charge in [0, 0.05) is 37.8 Å². The second-order valence-electron chi connectivity index (χ2n) is 14.9. The monoisotopic (exact) mass is 783 g/mol. The number of halogens is 3. The summed E-state index contributed by atoms with van der Waals surface area (Å²) in [4.78, 5) is 39.9. The number of amides is 2. The average molecular weight is 784 g/mol. The lowest BCUT2D eigenvalue weighted by atomic mass is 9.87. The van der Waals surface area contributed by atoms with E-state index < -0.39 is 12.1 Å². The van der Waals surface area contributed by atoms with Crippen molar-refractivity contribution in [2.45, 2.75) is 64.1 Å². The highest BCUT2D eigenvalue weighted by Crippen LogP contribution is 2.28. The molecule has 0 spiro atoms. The summed E-state index contributed by atoms with van der Waals surface area (Å²) in [6.07, 6.45) is 7.90. The number of phenols is 1. The smallest absolute Gasteiger partial charge is 0.490 e. The molecular weight excluding hydrogens is 732 g/mol. The van der Waals surface area contributed by atoms with Crippen molar-refractivity contribution >= 4 is 23.9 Å². The number of carboxylic acid groups (broad SMARTS) is 1. The highest BCUT2D eigenvalue weighted by molar-refractivity contribution is 5.95. The van der Waals surface area contributed by atoms with E-state index >= 15 is 0 Å². The molecule has 302 valence electrons. The third kappa shape index (κ3) is 13.9. The molecule has 0 unspecified atom stereocenters. The molecule has 0 atom stereocenters. The van der Waals surface area contributed by atoms with Gasteiger partial charge in [-0.3, -0.25) is 9.59 Å². The van der Waals surface area contributed by atoms with Crippen LogP contribution in [-0.2, 0) is 22.6 Å². The zero-order valence-electron chi connectivity index (χ0n) is 32.2. The van der Waals surface area contributed by atoms with Crippen LogP contribution in [0.1, 0.15) is 72.0 Å². The number of piperidine rings is 2. The van der Waals surface area contributed by atoms with Crippen molar-refractivity contribution in [3.05, 3.63) is 131 Å². The van der Waals surface area contributed by atoms with Crippen LogP contribution < -0.4 is 5.32 Å². The molecular formula is C46H52F3N3O5. The zero-order chi connectivity index (χ0) is 40.6. The number of phenolic OH excluding ortho intramolecular Hbond substituents is 1. The molecule has 4 aromatic rings. The van der Waals surface area contributed by atoms with Crippen molar-refractivity contribution in [2.75, 3.05) is 32.7 Å². The molecule has 57 heavy (non-hydrogen) atoms. The van der Waals surface area contributed by atoms with E-state index in [0.717, 1.165) is 71.1 Å². The Morgan fingerprint density at radius 3 is 2.04 bits per heavy atom. The summed E-state index contributed by atoms with van der Waals surface area (Å²) in [5.41, 5.74) is 5.80. The molecule has 2 aliphatic rings. The first-order valence-electron chi connectivity index (χ1n) is 19.7. The Hall–Kier alpha value is -5.42. The number of carbonyl (C=O) groups excluding carboxylic acids is 2. The van der Waals surface area contributed by atoms with Gasteiger partial charge in [-0.25, -0.2) is 4.79 Å². The first-order chi connectivity index (χ1) is 27.4. The number of hydrogen-bond acceptors (Lipinski definition) is 5. The maximum absolute atomic E-state index is 13.6. The van der Waals surface area contributed by atoms with Crippen LogP contribution in [0.2, 0.25) is 0 Å². The van der Waals surface area contributed by atoms with Crippen LogP contribution in [0.5, 0.6) is 5.75 Å². The average Bonchev–Trinajstić information content (AvgIpc) is 3.23. The lowest BCUT2D eigenvalue weighted by molar-refractivity contribution is -0.192. The van der Waals surface area contributed by atoms with Gasteiger partial charge in [0.05, 0.1) is 0 Å². The molecule has 2 heterocycles. The van der Waals surface area contributed by atoms with E-state index in [-0.39, 0.29) is 17.6 Å². The highest BCUT2D eigenvalue weighted by atomic mass is 19.4. The molecule has 2 fully saturated rings. The van der Waals surface area contributed by atoms with Crippen molar-refractivity contribution in [1.29, 1.82) is 0 Å². The molecule has 11 heteroatoms. The lowest BCUT2D eigenvalue weighted by Crippen LogP contribution is -2.38. The molecule has 4 aromatic carbocycles. The predicted molar refractivity (Wildman–Crippen MR) is 216 cm³/mol. The normalized spacial score (nSPS) is 15.2. The number of aromatic hydroxyl groups is 1. The van der Waals surface area contributed by atoms with Crippen LogP contribution in [-0.4, -0.2) is 76.7 Å². The van der Waals surface area contributed by atoms with Crippen LogP contribution in [0.4, 0.5) is 13.2 Å². The molecule has 0 aromatic heterocycles. The van der Waals surface area contributed by atoms with E-state index in [2.05, 4.69) is 29.6 Å². The third-order valence-corrected chi connectivity index (χ3v) is 10.7. The second kappa shape index (κ2) is 21.2. The quantitative estimate of drug-likeness (QED) is 0.117. The van der Waals surface area contributed by atoms with E-state index in [9.17, 15) is 27.9 Å². The third-order valence-electron chi connectivity index (χ3n) is 10.7. The maximum Gasteiger partial charge on any atom is 0.490 e. The summed E-state index contributed by atoms with van der Waals surface area (Å²) in [6.45, 7) is 5.01. The number of aliphatic carboxylic acids is 1. The van der Waals surface area contributed by atoms with Crippen LogP contribution in [0.3, 0.4) is 0 Å². The standard InChI is InChI=1S/C44H51N3O3.C2HF3O2/c48-42-18-15-37(16-19-42)25-30-47(43(49)20-17-34-7-2-1-3-8-34)33-38-11-5-12-39(31-38)40-13-6-14-41(32-40)44(50)46-28-23-36(24-29-46)10-4-9-35-21-26-45-27-22-35;3-2(4,5)1(6)7/h1-3,5-8,11-20,31-32,35-36,45,48H,4,9-10,21-30,33H2;(H,6,7). The number of benzene rings is 4. The van der Waals surface area contributed by atoms with Gasteiger partial charge in [0.15, 0.2) is 0 Å². The SMILES string of the molecule is O=C(C=Cc1ccccc1)N(CCc1ccc(O)cc1)Cc1cccc(-c2cccc(C(=O)N3CCC(CCCC4CCNCC4)CC3)c2)c1.O=C(O)C(F)(F)F. The Kier molecular flexibility index (Phi) is 15.9. The Morgan fingerprint density at radius 1 is 0.772 bits per heavy atom. The van der Waals surface area contributed by atoms with E-state index in [0.29, 0.717) is 19.5 Å². The van der Waals surface area contributed by atoms with Gasteiger partial charge in [-0.1, -0.05) is 92.1 Å². The fourth-order valence-electron chi connectivity index (χ4n) is 7.41. The molecule has 0 aliphatic carbocycles. The Bertz CT molecular complexity index is 1920. The summed E-state index contributed by atoms with van der Waals surface area (Å²) < 4.78 is 31.7. The van der Waals surface area contributed by atoms with Gasteiger partial charge >= 0.3 is 12.1 Å². The van der Waals surface area contributed by atoms with Crippen molar-refractivity contribution < 1.29 is 37.8 Å². The minimum atomic E-state index is -5.08. The molecule has 2 amide bonds. The van der Waals surface area contributed by atoms with E-state index in [1.54, 1.807) is 18.2 Å². The van der Waals surface area contributed by atoms with E-state index in [1.807, 2.05) is 82.6 Å². The lowest BCUT2D eigenvalue weighted by Gasteiger charge is -2.32. The number of nitrogens with one attached hydrogen (secondary N) is 1. The van der Waals surface area contributed by atoms with Crippen LogP contribution in [0.25, 0.3) is 17.2 Å². The summed E-state index contributed by atoms with van der Waals surface area (Å²) in [6, 6.07) is 33.2. The first kappa shape index (κ1) is 42.7. The topological polar surface area (TPSA) is 110 Å². The maximum atomic E-state index is 13.6. The number of likely N-dealkylation sites (tertiary alicyclic amines) is 1. The van der Waals surface area contributed by atoms with Gasteiger partial charge in [-0.2, -0.15) is 13.2 Å². The number of carbonyl (C=O) groups is 3. The van der Waals surface area contributed by atoms with Gasteiger partial charge in [-0.15, -0.1) is 0 Å². The highest BCUT2D eigenvalue weighted by Gasteiger charge is 2.38. The Balaban J connectivity index is 0.000000811. The molecule has 6 rings (SSSR count). The van der Waals surface area contributed by atoms with Gasteiger partial charge in [0.2, 0.25) is 5.91 Å².